The van der Waals surface area contributed by atoms with E-state index in [-0.39, 0.29) is 0 Å². The molecule has 0 saturated carbocycles. The smallest absolute Gasteiger partial charge is 0.0120 e. The quantitative estimate of drug-likeness (QED) is 0.547. The Morgan fingerprint density at radius 2 is 1.61 bits per heavy atom. The molecule has 0 amide bonds. The van der Waals surface area contributed by atoms with E-state index in [4.69, 9.17) is 0 Å². The number of hydrogen-bond acceptors (Lipinski definition) is 1. The Morgan fingerprint density at radius 1 is 1.06 bits per heavy atom. The SMILES string of the molecule is CCN(C)C(CCCC(C)(C)CC)C(C)C(C)C. The fraction of sp³-hybridized carbons (Fsp3) is 1.00. The van der Waals surface area contributed by atoms with Crippen LogP contribution in [0.3, 0.4) is 0 Å². The van der Waals surface area contributed by atoms with Crippen molar-refractivity contribution in [2.45, 2.75) is 80.2 Å². The first-order valence-corrected chi connectivity index (χ1v) is 7.95. The molecule has 2 unspecified atom stereocenters. The van der Waals surface area contributed by atoms with Gasteiger partial charge in [0.25, 0.3) is 0 Å². The Hall–Kier alpha value is -0.0400. The molecule has 0 aromatic rings. The lowest BCUT2D eigenvalue weighted by Gasteiger charge is -2.35. The van der Waals surface area contributed by atoms with E-state index in [1.165, 1.54) is 32.2 Å². The van der Waals surface area contributed by atoms with Crippen molar-refractivity contribution in [3.05, 3.63) is 0 Å². The van der Waals surface area contributed by atoms with Crippen LogP contribution in [0.2, 0.25) is 0 Å². The first-order valence-electron chi connectivity index (χ1n) is 7.95. The molecule has 0 N–H and O–H groups in total. The van der Waals surface area contributed by atoms with Gasteiger partial charge in [0.2, 0.25) is 0 Å². The minimum Gasteiger partial charge on any atom is -0.303 e. The maximum atomic E-state index is 2.55. The molecule has 0 bridgehead atoms. The topological polar surface area (TPSA) is 3.24 Å². The molecule has 1 nitrogen and oxygen atoms in total. The second kappa shape index (κ2) is 8.19. The molecule has 18 heavy (non-hydrogen) atoms. The first kappa shape index (κ1) is 18.0. The summed E-state index contributed by atoms with van der Waals surface area (Å²) in [7, 11) is 2.29. The third kappa shape index (κ3) is 6.22. The lowest BCUT2D eigenvalue weighted by molar-refractivity contribution is 0.142. The summed E-state index contributed by atoms with van der Waals surface area (Å²) in [5, 5.41) is 0. The van der Waals surface area contributed by atoms with Gasteiger partial charge < -0.3 is 4.90 Å². The van der Waals surface area contributed by atoms with Crippen LogP contribution in [0, 0.1) is 17.3 Å². The third-order valence-corrected chi connectivity index (χ3v) is 5.03. The van der Waals surface area contributed by atoms with Gasteiger partial charge in [0.15, 0.2) is 0 Å². The highest BCUT2D eigenvalue weighted by molar-refractivity contribution is 4.78. The van der Waals surface area contributed by atoms with Crippen molar-refractivity contribution in [1.82, 2.24) is 4.90 Å². The van der Waals surface area contributed by atoms with Crippen LogP contribution in [0.1, 0.15) is 74.1 Å². The average molecular weight is 255 g/mol. The van der Waals surface area contributed by atoms with Gasteiger partial charge in [-0.05, 0) is 43.7 Å². The maximum Gasteiger partial charge on any atom is 0.0120 e. The van der Waals surface area contributed by atoms with Crippen molar-refractivity contribution in [3.8, 4) is 0 Å². The van der Waals surface area contributed by atoms with Gasteiger partial charge in [0.1, 0.15) is 0 Å². The predicted molar refractivity (Wildman–Crippen MR) is 84.0 cm³/mol. The maximum absolute atomic E-state index is 2.55. The summed E-state index contributed by atoms with van der Waals surface area (Å²) in [4.78, 5) is 2.55. The fourth-order valence-electron chi connectivity index (χ4n) is 2.53. The van der Waals surface area contributed by atoms with Gasteiger partial charge in [-0.3, -0.25) is 0 Å². The number of rotatable bonds is 9. The van der Waals surface area contributed by atoms with Crippen molar-refractivity contribution < 1.29 is 0 Å². The molecule has 0 spiro atoms. The van der Waals surface area contributed by atoms with Crippen LogP contribution >= 0.6 is 0 Å². The van der Waals surface area contributed by atoms with E-state index in [9.17, 15) is 0 Å². The van der Waals surface area contributed by atoms with Crippen molar-refractivity contribution in [2.24, 2.45) is 17.3 Å². The molecule has 2 atom stereocenters. The molecule has 0 saturated heterocycles. The van der Waals surface area contributed by atoms with Gasteiger partial charge in [-0.1, -0.05) is 61.3 Å². The number of hydrogen-bond donors (Lipinski definition) is 0. The zero-order valence-corrected chi connectivity index (χ0v) is 14.2. The monoisotopic (exact) mass is 255 g/mol. The molecule has 110 valence electrons. The molecule has 0 rings (SSSR count). The van der Waals surface area contributed by atoms with Crippen molar-refractivity contribution in [3.63, 3.8) is 0 Å². The predicted octanol–water partition coefficient (Wildman–Crippen LogP) is 5.21. The highest BCUT2D eigenvalue weighted by atomic mass is 15.1. The van der Waals surface area contributed by atoms with Gasteiger partial charge in [-0.2, -0.15) is 0 Å². The normalized spacial score (nSPS) is 16.3. The third-order valence-electron chi connectivity index (χ3n) is 5.03. The van der Waals surface area contributed by atoms with Gasteiger partial charge in [-0.15, -0.1) is 0 Å². The van der Waals surface area contributed by atoms with E-state index in [0.717, 1.165) is 17.9 Å². The summed E-state index contributed by atoms with van der Waals surface area (Å²) in [5.74, 6) is 1.57. The summed E-state index contributed by atoms with van der Waals surface area (Å²) in [5.41, 5.74) is 0.524. The van der Waals surface area contributed by atoms with E-state index in [1.807, 2.05) is 0 Å². The minimum atomic E-state index is 0.524. The summed E-state index contributed by atoms with van der Waals surface area (Å²) < 4.78 is 0. The first-order chi connectivity index (χ1) is 8.25. The molecule has 0 heterocycles. The van der Waals surface area contributed by atoms with Crippen LogP contribution in [0.5, 0.6) is 0 Å². The Bertz CT molecular complexity index is 208. The van der Waals surface area contributed by atoms with E-state index in [2.05, 4.69) is 60.4 Å². The van der Waals surface area contributed by atoms with Crippen molar-refractivity contribution >= 4 is 0 Å². The zero-order valence-electron chi connectivity index (χ0n) is 14.2. The Balaban J connectivity index is 4.35. The zero-order chi connectivity index (χ0) is 14.3. The molecule has 0 aromatic carbocycles. The molecule has 0 aromatic heterocycles. The molecule has 0 aliphatic heterocycles. The summed E-state index contributed by atoms with van der Waals surface area (Å²) in [6.45, 7) is 17.7. The lowest BCUT2D eigenvalue weighted by Crippen LogP contribution is -2.39. The summed E-state index contributed by atoms with van der Waals surface area (Å²) >= 11 is 0. The van der Waals surface area contributed by atoms with Crippen LogP contribution in [0.4, 0.5) is 0 Å². The summed E-state index contributed by atoms with van der Waals surface area (Å²) in [6, 6.07) is 0.752. The van der Waals surface area contributed by atoms with Gasteiger partial charge in [0, 0.05) is 6.04 Å². The van der Waals surface area contributed by atoms with Gasteiger partial charge in [0.05, 0.1) is 0 Å². The molecule has 0 aliphatic carbocycles. The van der Waals surface area contributed by atoms with Crippen LogP contribution in [-0.4, -0.2) is 24.5 Å². The molecule has 0 aliphatic rings. The Morgan fingerprint density at radius 3 is 2.00 bits per heavy atom. The van der Waals surface area contributed by atoms with E-state index in [0.29, 0.717) is 5.41 Å². The van der Waals surface area contributed by atoms with Crippen LogP contribution in [0.25, 0.3) is 0 Å². The molecular weight excluding hydrogens is 218 g/mol. The van der Waals surface area contributed by atoms with E-state index < -0.39 is 0 Å². The summed E-state index contributed by atoms with van der Waals surface area (Å²) in [6.07, 6.45) is 5.38. The lowest BCUT2D eigenvalue weighted by atomic mass is 9.81. The van der Waals surface area contributed by atoms with E-state index in [1.54, 1.807) is 0 Å². The second-order valence-electron chi connectivity index (χ2n) is 7.15. The second-order valence-corrected chi connectivity index (χ2v) is 7.15. The van der Waals surface area contributed by atoms with Crippen LogP contribution in [0.15, 0.2) is 0 Å². The Kier molecular flexibility index (Phi) is 8.18. The standard InChI is InChI=1S/C17H37N/c1-9-17(6,7)13-11-12-16(18(8)10-2)15(5)14(3)4/h14-16H,9-13H2,1-8H3. The molecule has 0 fully saturated rings. The van der Waals surface area contributed by atoms with E-state index >= 15 is 0 Å². The van der Waals surface area contributed by atoms with Crippen LogP contribution in [-0.2, 0) is 0 Å². The molecule has 0 radical (unpaired) electrons. The highest BCUT2D eigenvalue weighted by Gasteiger charge is 2.24. The minimum absolute atomic E-state index is 0.524. The van der Waals surface area contributed by atoms with Gasteiger partial charge >= 0.3 is 0 Å². The fourth-order valence-corrected chi connectivity index (χ4v) is 2.53. The van der Waals surface area contributed by atoms with Crippen LogP contribution < -0.4 is 0 Å². The van der Waals surface area contributed by atoms with Gasteiger partial charge in [-0.25, -0.2) is 0 Å². The number of nitrogens with zero attached hydrogens (tertiary/aromatic N) is 1. The van der Waals surface area contributed by atoms with Crippen molar-refractivity contribution in [1.29, 1.82) is 0 Å². The largest absolute Gasteiger partial charge is 0.303 e. The molecule has 1 heteroatoms. The average Bonchev–Trinajstić information content (AvgIpc) is 2.32. The highest BCUT2D eigenvalue weighted by Crippen LogP contribution is 2.29. The molecular formula is C17H37N. The Labute approximate surface area is 116 Å². The van der Waals surface area contributed by atoms with Crippen molar-refractivity contribution in [2.75, 3.05) is 13.6 Å².